The molecule has 9 nitrogen and oxygen atoms in total. The molecule has 0 amide bonds. The number of nitro groups is 2. The number of aliphatic imine (C=N–C) groups is 1. The summed E-state index contributed by atoms with van der Waals surface area (Å²) in [6.07, 6.45) is -1.07. The summed E-state index contributed by atoms with van der Waals surface area (Å²) in [6, 6.07) is 28.3. The second kappa shape index (κ2) is 9.20. The van der Waals surface area contributed by atoms with Gasteiger partial charge >= 0.3 is 0 Å². The summed E-state index contributed by atoms with van der Waals surface area (Å²) in [4.78, 5) is 28.9. The molecule has 0 saturated carbocycles. The van der Waals surface area contributed by atoms with Gasteiger partial charge in [-0.25, -0.2) is 4.99 Å². The second-order valence-electron chi connectivity index (χ2n) is 9.31. The number of non-ortho nitro benzene ring substituents is 2. The lowest BCUT2D eigenvalue weighted by atomic mass is 9.93. The summed E-state index contributed by atoms with van der Waals surface area (Å²) in [5.41, 5.74) is 6.03. The lowest BCUT2D eigenvalue weighted by Gasteiger charge is -2.35. The van der Waals surface area contributed by atoms with Crippen molar-refractivity contribution in [1.82, 2.24) is 0 Å². The van der Waals surface area contributed by atoms with Crippen molar-refractivity contribution >= 4 is 28.5 Å². The minimum Gasteiger partial charge on any atom is -0.342 e. The SMILES string of the molecule is Cc1ccc(C2=Nc3ccccc3N3[C@@H]2O[C@H](c2ccc([N+](=O)[O-])cc2)[C@@H]3c2ccc([N+](=O)[O-])cc2)cc1. The molecule has 0 aromatic heterocycles. The maximum Gasteiger partial charge on any atom is 0.269 e. The lowest BCUT2D eigenvalue weighted by molar-refractivity contribution is -0.385. The van der Waals surface area contributed by atoms with Gasteiger partial charge in [0.1, 0.15) is 6.10 Å². The summed E-state index contributed by atoms with van der Waals surface area (Å²) in [5, 5.41) is 22.6. The number of hydrogen-bond acceptors (Lipinski definition) is 7. The summed E-state index contributed by atoms with van der Waals surface area (Å²) in [6.45, 7) is 2.02. The highest BCUT2D eigenvalue weighted by Gasteiger charge is 2.48. The number of nitro benzene ring substituents is 2. The molecule has 1 saturated heterocycles. The van der Waals surface area contributed by atoms with E-state index in [1.54, 1.807) is 24.3 Å². The number of fused-ring (bicyclic) bond motifs is 3. The quantitative estimate of drug-likeness (QED) is 0.223. The van der Waals surface area contributed by atoms with Crippen LogP contribution in [-0.4, -0.2) is 21.8 Å². The highest BCUT2D eigenvalue weighted by Crippen LogP contribution is 2.52. The van der Waals surface area contributed by atoms with Crippen LogP contribution in [-0.2, 0) is 4.74 Å². The monoisotopic (exact) mass is 506 g/mol. The predicted octanol–water partition coefficient (Wildman–Crippen LogP) is 6.59. The zero-order valence-electron chi connectivity index (χ0n) is 20.3. The van der Waals surface area contributed by atoms with Crippen molar-refractivity contribution in [3.8, 4) is 0 Å². The van der Waals surface area contributed by atoms with Crippen molar-refractivity contribution in [2.75, 3.05) is 4.90 Å². The number of aryl methyl sites for hydroxylation is 1. The molecule has 1 fully saturated rings. The molecule has 6 rings (SSSR count). The standard InChI is InChI=1S/C29H22N4O5/c1-18-6-8-19(9-7-18)26-29-31(25-5-3-2-4-24(25)30-26)27(20-10-14-22(15-11-20)32(34)35)28(38-29)21-12-16-23(17-13-21)33(36)37/h2-17,27-29H,1H3/t27-,28+,29+/m0/s1. The number of ether oxygens (including phenoxy) is 1. The maximum atomic E-state index is 11.3. The van der Waals surface area contributed by atoms with Crippen LogP contribution in [0.1, 0.15) is 34.4 Å². The van der Waals surface area contributed by atoms with Crippen LogP contribution in [0.5, 0.6) is 0 Å². The molecule has 0 spiro atoms. The minimum atomic E-state index is -0.548. The van der Waals surface area contributed by atoms with Crippen molar-refractivity contribution in [3.63, 3.8) is 0 Å². The van der Waals surface area contributed by atoms with Crippen LogP contribution < -0.4 is 4.90 Å². The van der Waals surface area contributed by atoms with E-state index in [4.69, 9.17) is 9.73 Å². The second-order valence-corrected chi connectivity index (χ2v) is 9.31. The minimum absolute atomic E-state index is 0.00273. The molecular weight excluding hydrogens is 484 g/mol. The Morgan fingerprint density at radius 1 is 0.763 bits per heavy atom. The Bertz CT molecular complexity index is 1570. The van der Waals surface area contributed by atoms with E-state index >= 15 is 0 Å². The topological polar surface area (TPSA) is 111 Å². The summed E-state index contributed by atoms with van der Waals surface area (Å²) < 4.78 is 6.74. The van der Waals surface area contributed by atoms with Crippen LogP contribution in [0.2, 0.25) is 0 Å². The number of benzene rings is 4. The van der Waals surface area contributed by atoms with E-state index in [1.807, 2.05) is 55.5 Å². The Balaban J connectivity index is 1.52. The first kappa shape index (κ1) is 23.5. The highest BCUT2D eigenvalue weighted by molar-refractivity contribution is 6.09. The maximum absolute atomic E-state index is 11.3. The molecule has 4 aromatic rings. The molecule has 9 heteroatoms. The van der Waals surface area contributed by atoms with Crippen LogP contribution in [0, 0.1) is 27.2 Å². The van der Waals surface area contributed by atoms with Crippen molar-refractivity contribution in [3.05, 3.63) is 140 Å². The van der Waals surface area contributed by atoms with Gasteiger partial charge in [0.15, 0.2) is 6.23 Å². The number of nitrogens with zero attached hydrogens (tertiary/aromatic N) is 4. The third-order valence-electron chi connectivity index (χ3n) is 6.97. The van der Waals surface area contributed by atoms with E-state index in [0.29, 0.717) is 0 Å². The fourth-order valence-corrected chi connectivity index (χ4v) is 5.11. The number of hydrogen-bond donors (Lipinski definition) is 0. The van der Waals surface area contributed by atoms with Crippen LogP contribution in [0.4, 0.5) is 22.7 Å². The Morgan fingerprint density at radius 2 is 1.34 bits per heavy atom. The fraction of sp³-hybridized carbons (Fsp3) is 0.138. The van der Waals surface area contributed by atoms with E-state index in [9.17, 15) is 20.2 Å². The highest BCUT2D eigenvalue weighted by atomic mass is 16.6. The number of anilines is 1. The molecule has 3 atom stereocenters. The van der Waals surface area contributed by atoms with Gasteiger partial charge in [-0.1, -0.05) is 54.1 Å². The van der Waals surface area contributed by atoms with Crippen LogP contribution in [0.3, 0.4) is 0 Å². The van der Waals surface area contributed by atoms with Crippen molar-refractivity contribution in [1.29, 1.82) is 0 Å². The van der Waals surface area contributed by atoms with Crippen molar-refractivity contribution in [2.45, 2.75) is 25.3 Å². The van der Waals surface area contributed by atoms with Gasteiger partial charge in [-0.2, -0.15) is 0 Å². The van der Waals surface area contributed by atoms with E-state index in [2.05, 4.69) is 4.90 Å². The largest absolute Gasteiger partial charge is 0.342 e. The van der Waals surface area contributed by atoms with Gasteiger partial charge in [0, 0.05) is 29.8 Å². The van der Waals surface area contributed by atoms with Gasteiger partial charge in [-0.3, -0.25) is 20.2 Å². The van der Waals surface area contributed by atoms with E-state index < -0.39 is 22.2 Å². The number of rotatable bonds is 5. The predicted molar refractivity (Wildman–Crippen MR) is 143 cm³/mol. The van der Waals surface area contributed by atoms with Crippen LogP contribution in [0.25, 0.3) is 0 Å². The summed E-state index contributed by atoms with van der Waals surface area (Å²) in [5.74, 6) is 0. The van der Waals surface area contributed by atoms with E-state index in [0.717, 1.165) is 39.3 Å². The molecular formula is C29H22N4O5. The first-order valence-corrected chi connectivity index (χ1v) is 12.1. The zero-order chi connectivity index (χ0) is 26.4. The third kappa shape index (κ3) is 3.99. The Labute approximate surface area is 217 Å². The third-order valence-corrected chi connectivity index (χ3v) is 6.97. The number of para-hydroxylation sites is 2. The van der Waals surface area contributed by atoms with Gasteiger partial charge in [0.05, 0.1) is 33.0 Å². The van der Waals surface area contributed by atoms with Gasteiger partial charge in [-0.05, 0) is 42.3 Å². The Morgan fingerprint density at radius 3 is 1.95 bits per heavy atom. The van der Waals surface area contributed by atoms with Crippen LogP contribution >= 0.6 is 0 Å². The summed E-state index contributed by atoms with van der Waals surface area (Å²) in [7, 11) is 0. The molecule has 188 valence electrons. The summed E-state index contributed by atoms with van der Waals surface area (Å²) >= 11 is 0. The van der Waals surface area contributed by atoms with E-state index in [-0.39, 0.29) is 17.4 Å². The molecule has 0 N–H and O–H groups in total. The fourth-order valence-electron chi connectivity index (χ4n) is 5.11. The zero-order valence-corrected chi connectivity index (χ0v) is 20.3. The van der Waals surface area contributed by atoms with E-state index in [1.165, 1.54) is 24.3 Å². The van der Waals surface area contributed by atoms with Gasteiger partial charge in [0.25, 0.3) is 11.4 Å². The van der Waals surface area contributed by atoms with Crippen LogP contribution in [0.15, 0.2) is 102 Å². The first-order valence-electron chi connectivity index (χ1n) is 12.1. The molecule has 38 heavy (non-hydrogen) atoms. The van der Waals surface area contributed by atoms with Gasteiger partial charge in [0.2, 0.25) is 0 Å². The first-order chi connectivity index (χ1) is 18.4. The average Bonchev–Trinajstić information content (AvgIpc) is 3.34. The molecule has 2 aliphatic heterocycles. The molecule has 2 aliphatic rings. The molecule has 0 aliphatic carbocycles. The Hall–Kier alpha value is -4.89. The van der Waals surface area contributed by atoms with Crippen molar-refractivity contribution in [2.24, 2.45) is 4.99 Å². The average molecular weight is 507 g/mol. The molecule has 0 bridgehead atoms. The van der Waals surface area contributed by atoms with Gasteiger partial charge in [-0.15, -0.1) is 0 Å². The normalized spacial score (nSPS) is 19.9. The lowest BCUT2D eigenvalue weighted by Crippen LogP contribution is -2.41. The van der Waals surface area contributed by atoms with Gasteiger partial charge < -0.3 is 9.64 Å². The molecule has 4 aromatic carbocycles. The molecule has 0 radical (unpaired) electrons. The molecule has 0 unspecified atom stereocenters. The molecule has 2 heterocycles. The Kier molecular flexibility index (Phi) is 5.69. The van der Waals surface area contributed by atoms with Crippen molar-refractivity contribution < 1.29 is 14.6 Å². The smallest absolute Gasteiger partial charge is 0.269 e.